The van der Waals surface area contributed by atoms with E-state index in [0.717, 1.165) is 0 Å². The molecule has 1 atom stereocenters. The molecule has 1 aliphatic rings. The van der Waals surface area contributed by atoms with Crippen molar-refractivity contribution in [3.05, 3.63) is 0 Å². The Morgan fingerprint density at radius 1 is 1.44 bits per heavy atom. The molecule has 0 saturated carbocycles. The molecule has 5 heteroatoms. The highest BCUT2D eigenvalue weighted by atomic mass is 31.2. The molecular weight excluding hydrogens is 141 g/mol. The predicted octanol–water partition coefficient (Wildman–Crippen LogP) is -0.431. The van der Waals surface area contributed by atoms with Crippen LogP contribution >= 0.6 is 7.94 Å². The average Bonchev–Trinajstić information content (AvgIpc) is 2.08. The van der Waals surface area contributed by atoms with Crippen LogP contribution in [0.1, 0.15) is 6.42 Å². The molecule has 0 radical (unpaired) electrons. The molecule has 0 aromatic rings. The fourth-order valence-electron chi connectivity index (χ4n) is 0.740. The maximum Gasteiger partial charge on any atom is 0.412 e. The van der Waals surface area contributed by atoms with Gasteiger partial charge in [0.25, 0.3) is 0 Å². The van der Waals surface area contributed by atoms with Gasteiger partial charge in [0.1, 0.15) is 0 Å². The third-order valence-electron chi connectivity index (χ3n) is 1.28. The van der Waals surface area contributed by atoms with Crippen LogP contribution in [0.25, 0.3) is 0 Å². The van der Waals surface area contributed by atoms with E-state index in [9.17, 15) is 0 Å². The Kier molecular flexibility index (Phi) is 1.82. The van der Waals surface area contributed by atoms with Crippen LogP contribution in [-0.4, -0.2) is 33.1 Å². The lowest BCUT2D eigenvalue weighted by Crippen LogP contribution is -2.10. The number of hydrogen-bond acceptors (Lipinski definition) is 4. The van der Waals surface area contributed by atoms with Crippen molar-refractivity contribution in [3.63, 3.8) is 0 Å². The van der Waals surface area contributed by atoms with Crippen LogP contribution in [0.4, 0.5) is 0 Å². The molecule has 0 unspecified atom stereocenters. The molecule has 3 N–H and O–H groups in total. The third-order valence-corrected chi connectivity index (χ3v) is 2.56. The van der Waals surface area contributed by atoms with Gasteiger partial charge in [-0.15, -0.1) is 0 Å². The largest absolute Gasteiger partial charge is 0.412 e. The zero-order valence-corrected chi connectivity index (χ0v) is 5.70. The summed E-state index contributed by atoms with van der Waals surface area (Å²) in [5, 5.41) is 0. The van der Waals surface area contributed by atoms with Crippen molar-refractivity contribution in [1.82, 2.24) is 0 Å². The molecule has 9 heavy (non-hydrogen) atoms. The van der Waals surface area contributed by atoms with E-state index in [1.165, 1.54) is 6.21 Å². The third kappa shape index (κ3) is 1.69. The average molecular weight is 150 g/mol. The second-order valence-electron chi connectivity index (χ2n) is 2.03. The normalized spacial score (nSPS) is 27.2. The van der Waals surface area contributed by atoms with Gasteiger partial charge in [-0.3, -0.25) is 4.99 Å². The molecule has 0 amide bonds. The van der Waals surface area contributed by atoms with E-state index < -0.39 is 13.6 Å². The van der Waals surface area contributed by atoms with E-state index in [2.05, 4.69) is 4.99 Å². The molecule has 4 nitrogen and oxygen atoms in total. The highest BCUT2D eigenvalue weighted by molar-refractivity contribution is 7.60. The maximum atomic E-state index is 8.65. The highest BCUT2D eigenvalue weighted by Crippen LogP contribution is 2.51. The van der Waals surface area contributed by atoms with Crippen molar-refractivity contribution in [1.29, 1.82) is 0 Å². The molecule has 1 heterocycles. The first kappa shape index (κ1) is 7.09. The van der Waals surface area contributed by atoms with Crippen LogP contribution in [0, 0.1) is 0 Å². The second-order valence-corrected chi connectivity index (χ2v) is 3.92. The summed E-state index contributed by atoms with van der Waals surface area (Å²) in [6, 6.07) is 0. The SMILES string of the molecule is O[P+](O)(O)[C@H]1C=NCC1. The van der Waals surface area contributed by atoms with Gasteiger partial charge in [-0.2, -0.15) is 14.7 Å². The van der Waals surface area contributed by atoms with Crippen LogP contribution in [0.3, 0.4) is 0 Å². The minimum Gasteiger partial charge on any atom is -0.293 e. The van der Waals surface area contributed by atoms with Gasteiger partial charge in [-0.05, 0) is 0 Å². The first-order valence-corrected chi connectivity index (χ1v) is 4.39. The summed E-state index contributed by atoms with van der Waals surface area (Å²) >= 11 is 0. The van der Waals surface area contributed by atoms with E-state index >= 15 is 0 Å². The minimum atomic E-state index is -3.61. The summed E-state index contributed by atoms with van der Waals surface area (Å²) < 4.78 is 0. The van der Waals surface area contributed by atoms with Crippen LogP contribution in [-0.2, 0) is 0 Å². The lowest BCUT2D eigenvalue weighted by molar-refractivity contribution is 0.324. The highest BCUT2D eigenvalue weighted by Gasteiger charge is 2.42. The topological polar surface area (TPSA) is 73.0 Å². The number of rotatable bonds is 1. The van der Waals surface area contributed by atoms with E-state index in [4.69, 9.17) is 14.7 Å². The van der Waals surface area contributed by atoms with Gasteiger partial charge in [-0.25, -0.2) is 0 Å². The molecule has 0 aromatic carbocycles. The van der Waals surface area contributed by atoms with Crippen LogP contribution in [0.5, 0.6) is 0 Å². The zero-order valence-electron chi connectivity index (χ0n) is 4.80. The van der Waals surface area contributed by atoms with Crippen molar-refractivity contribution in [3.8, 4) is 0 Å². The summed E-state index contributed by atoms with van der Waals surface area (Å²) in [4.78, 5) is 29.7. The summed E-state index contributed by atoms with van der Waals surface area (Å²) in [5.74, 6) is 0. The monoisotopic (exact) mass is 150 g/mol. The summed E-state index contributed by atoms with van der Waals surface area (Å²) in [6.07, 6.45) is 1.96. The summed E-state index contributed by atoms with van der Waals surface area (Å²) in [7, 11) is -3.61. The van der Waals surface area contributed by atoms with Crippen molar-refractivity contribution >= 4 is 14.2 Å². The van der Waals surface area contributed by atoms with Crippen LogP contribution < -0.4 is 0 Å². The Morgan fingerprint density at radius 3 is 2.33 bits per heavy atom. The Morgan fingerprint density at radius 2 is 2.11 bits per heavy atom. The van der Waals surface area contributed by atoms with E-state index in [-0.39, 0.29) is 0 Å². The van der Waals surface area contributed by atoms with E-state index in [0.29, 0.717) is 13.0 Å². The molecule has 0 fully saturated rings. The standard InChI is InChI=1S/C4H9NO3P/c6-9(7,8)4-1-2-5-3-4/h3-4,6-8H,1-2H2/q+1/t4-/m1/s1. The van der Waals surface area contributed by atoms with E-state index in [1.807, 2.05) is 0 Å². The van der Waals surface area contributed by atoms with Gasteiger partial charge in [0, 0.05) is 19.2 Å². The fraction of sp³-hybridized carbons (Fsp3) is 0.750. The summed E-state index contributed by atoms with van der Waals surface area (Å²) in [6.45, 7) is 0.591. The fourth-order valence-corrected chi connectivity index (χ4v) is 1.48. The minimum absolute atomic E-state index is 0.502. The Bertz CT molecular complexity index is 130. The van der Waals surface area contributed by atoms with Crippen molar-refractivity contribution < 1.29 is 14.7 Å². The quantitative estimate of drug-likeness (QED) is 0.444. The van der Waals surface area contributed by atoms with Crippen LogP contribution in [0.15, 0.2) is 4.99 Å². The van der Waals surface area contributed by atoms with Gasteiger partial charge < -0.3 is 0 Å². The smallest absolute Gasteiger partial charge is 0.293 e. The molecule has 0 aliphatic carbocycles. The zero-order chi connectivity index (χ0) is 6.91. The molecule has 0 saturated heterocycles. The molecule has 52 valence electrons. The lowest BCUT2D eigenvalue weighted by atomic mass is 10.4. The predicted molar refractivity (Wildman–Crippen MR) is 35.3 cm³/mol. The number of aliphatic imine (C=N–C) groups is 1. The van der Waals surface area contributed by atoms with Gasteiger partial charge in [0.05, 0.1) is 0 Å². The second kappa shape index (κ2) is 2.31. The van der Waals surface area contributed by atoms with Gasteiger partial charge in [0.15, 0.2) is 5.66 Å². The van der Waals surface area contributed by atoms with Crippen molar-refractivity contribution in [2.75, 3.05) is 6.54 Å². The van der Waals surface area contributed by atoms with Gasteiger partial charge in [0.2, 0.25) is 0 Å². The molecule has 1 aliphatic heterocycles. The number of nitrogens with zero attached hydrogens (tertiary/aromatic N) is 1. The van der Waals surface area contributed by atoms with Crippen molar-refractivity contribution in [2.45, 2.75) is 12.1 Å². The maximum absolute atomic E-state index is 8.65. The Balaban J connectivity index is 2.53. The molecular formula is C4H9NO3P+. The van der Waals surface area contributed by atoms with Gasteiger partial charge in [-0.1, -0.05) is 0 Å². The Hall–Kier alpha value is -0.0200. The molecule has 0 spiro atoms. The lowest BCUT2D eigenvalue weighted by Gasteiger charge is -2.06. The van der Waals surface area contributed by atoms with Crippen LogP contribution in [0.2, 0.25) is 0 Å². The van der Waals surface area contributed by atoms with Gasteiger partial charge >= 0.3 is 7.94 Å². The first-order chi connectivity index (χ1) is 4.11. The Labute approximate surface area is 53.5 Å². The first-order valence-electron chi connectivity index (χ1n) is 2.67. The summed E-state index contributed by atoms with van der Waals surface area (Å²) in [5.41, 5.74) is -0.502. The van der Waals surface area contributed by atoms with E-state index in [1.54, 1.807) is 0 Å². The van der Waals surface area contributed by atoms with Crippen molar-refractivity contribution in [2.24, 2.45) is 4.99 Å². The molecule has 0 bridgehead atoms. The molecule has 0 aromatic heterocycles. The molecule has 1 rings (SSSR count). The number of hydrogen-bond donors (Lipinski definition) is 3.